The van der Waals surface area contributed by atoms with Gasteiger partial charge in [0.15, 0.2) is 0 Å². The minimum absolute atomic E-state index is 0.00873. The monoisotopic (exact) mass is 419 g/mol. The van der Waals surface area contributed by atoms with Crippen LogP contribution in [-0.2, 0) is 9.53 Å². The molecule has 0 fully saturated rings. The lowest BCUT2D eigenvalue weighted by Gasteiger charge is -2.13. The molecule has 3 rings (SSSR count). The number of fused-ring (bicyclic) bond motifs is 1. The summed E-state index contributed by atoms with van der Waals surface area (Å²) in [5, 5.41) is 0. The number of rotatable bonds is 6. The Morgan fingerprint density at radius 2 is 1.60 bits per heavy atom. The molecule has 0 saturated carbocycles. The summed E-state index contributed by atoms with van der Waals surface area (Å²) in [4.78, 5) is 38.2. The van der Waals surface area contributed by atoms with Crippen molar-refractivity contribution in [2.75, 3.05) is 18.9 Å². The second-order valence-electron chi connectivity index (χ2n) is 5.27. The summed E-state index contributed by atoms with van der Waals surface area (Å²) in [5.41, 5.74) is 0.786. The molecule has 25 heavy (non-hydrogen) atoms. The topological polar surface area (TPSA) is 63.7 Å². The van der Waals surface area contributed by atoms with Gasteiger partial charge in [0.2, 0.25) is 0 Å². The number of benzene rings is 2. The van der Waals surface area contributed by atoms with Crippen LogP contribution in [-0.4, -0.2) is 41.6 Å². The molecule has 0 atom stereocenters. The third-order valence-electron chi connectivity index (χ3n) is 3.63. The van der Waals surface area contributed by atoms with Gasteiger partial charge in [-0.1, -0.05) is 28.1 Å². The van der Waals surface area contributed by atoms with Gasteiger partial charge >= 0.3 is 5.97 Å². The van der Waals surface area contributed by atoms with Crippen LogP contribution in [0.15, 0.2) is 57.9 Å². The van der Waals surface area contributed by atoms with E-state index in [-0.39, 0.29) is 36.7 Å². The van der Waals surface area contributed by atoms with Crippen molar-refractivity contribution in [3.05, 3.63) is 64.1 Å². The SMILES string of the molecule is O=C(CSc1ccc(Br)cc1)OCCN1C(=O)c2ccccc2C1=O. The summed E-state index contributed by atoms with van der Waals surface area (Å²) in [6.45, 7) is 0.0479. The smallest absolute Gasteiger partial charge is 0.316 e. The first kappa shape index (κ1) is 17.7. The normalized spacial score (nSPS) is 13.1. The van der Waals surface area contributed by atoms with Gasteiger partial charge in [-0.15, -0.1) is 11.8 Å². The van der Waals surface area contributed by atoms with E-state index in [1.165, 1.54) is 11.8 Å². The van der Waals surface area contributed by atoms with Gasteiger partial charge in [-0.2, -0.15) is 0 Å². The van der Waals surface area contributed by atoms with Crippen molar-refractivity contribution in [3.63, 3.8) is 0 Å². The Morgan fingerprint density at radius 3 is 2.20 bits per heavy atom. The molecule has 5 nitrogen and oxygen atoms in total. The van der Waals surface area contributed by atoms with Gasteiger partial charge in [-0.3, -0.25) is 19.3 Å². The first-order valence-corrected chi connectivity index (χ1v) is 9.33. The van der Waals surface area contributed by atoms with Crippen molar-refractivity contribution in [1.29, 1.82) is 0 Å². The molecule has 0 radical (unpaired) electrons. The van der Waals surface area contributed by atoms with Crippen molar-refractivity contribution in [1.82, 2.24) is 4.90 Å². The van der Waals surface area contributed by atoms with Gasteiger partial charge in [-0.05, 0) is 36.4 Å². The Morgan fingerprint density at radius 1 is 1.00 bits per heavy atom. The fraction of sp³-hybridized carbons (Fsp3) is 0.167. The second kappa shape index (κ2) is 7.84. The van der Waals surface area contributed by atoms with Crippen molar-refractivity contribution >= 4 is 45.5 Å². The number of ether oxygens (including phenoxy) is 1. The van der Waals surface area contributed by atoms with Gasteiger partial charge < -0.3 is 4.74 Å². The van der Waals surface area contributed by atoms with E-state index < -0.39 is 0 Å². The molecule has 1 heterocycles. The van der Waals surface area contributed by atoms with Crippen molar-refractivity contribution in [2.45, 2.75) is 4.90 Å². The van der Waals surface area contributed by atoms with E-state index in [1.807, 2.05) is 24.3 Å². The summed E-state index contributed by atoms with van der Waals surface area (Å²) in [6, 6.07) is 14.3. The zero-order chi connectivity index (χ0) is 17.8. The summed E-state index contributed by atoms with van der Waals surface area (Å²) < 4.78 is 6.10. The van der Waals surface area contributed by atoms with E-state index in [0.717, 1.165) is 14.3 Å². The Balaban J connectivity index is 1.45. The molecule has 1 aliphatic heterocycles. The molecular weight excluding hydrogens is 406 g/mol. The first-order chi connectivity index (χ1) is 12.1. The highest BCUT2D eigenvalue weighted by Crippen LogP contribution is 2.22. The molecule has 2 aromatic rings. The van der Waals surface area contributed by atoms with Crippen molar-refractivity contribution in [2.24, 2.45) is 0 Å². The lowest BCUT2D eigenvalue weighted by atomic mass is 10.1. The average molecular weight is 420 g/mol. The third kappa shape index (κ3) is 4.11. The number of carbonyl (C=O) groups excluding carboxylic acids is 3. The molecule has 0 spiro atoms. The van der Waals surface area contributed by atoms with Gasteiger partial charge in [-0.25, -0.2) is 0 Å². The molecule has 0 bridgehead atoms. The van der Waals surface area contributed by atoms with Gasteiger partial charge in [0.05, 0.1) is 23.4 Å². The van der Waals surface area contributed by atoms with E-state index in [2.05, 4.69) is 15.9 Å². The van der Waals surface area contributed by atoms with Gasteiger partial charge in [0.25, 0.3) is 11.8 Å². The number of imide groups is 1. The maximum absolute atomic E-state index is 12.2. The predicted octanol–water partition coefficient (Wildman–Crippen LogP) is 3.38. The van der Waals surface area contributed by atoms with Gasteiger partial charge in [0, 0.05) is 9.37 Å². The zero-order valence-corrected chi connectivity index (χ0v) is 15.5. The molecule has 0 N–H and O–H groups in total. The van der Waals surface area contributed by atoms with Crippen LogP contribution in [0.5, 0.6) is 0 Å². The molecule has 7 heteroatoms. The summed E-state index contributed by atoms with van der Waals surface area (Å²) in [6.07, 6.45) is 0. The number of esters is 1. The number of thioether (sulfide) groups is 1. The van der Waals surface area contributed by atoms with Crippen LogP contribution in [0.4, 0.5) is 0 Å². The van der Waals surface area contributed by atoms with Gasteiger partial charge in [0.1, 0.15) is 6.61 Å². The Bertz CT molecular complexity index is 787. The highest BCUT2D eigenvalue weighted by Gasteiger charge is 2.34. The number of nitrogens with zero attached hydrogens (tertiary/aromatic N) is 1. The van der Waals surface area contributed by atoms with E-state index in [4.69, 9.17) is 4.74 Å². The maximum Gasteiger partial charge on any atom is 0.316 e. The zero-order valence-electron chi connectivity index (χ0n) is 13.1. The number of amides is 2. The quantitative estimate of drug-likeness (QED) is 0.407. The molecular formula is C18H14BrNO4S. The van der Waals surface area contributed by atoms with Crippen LogP contribution in [0.2, 0.25) is 0 Å². The lowest BCUT2D eigenvalue weighted by molar-refractivity contribution is -0.140. The summed E-state index contributed by atoms with van der Waals surface area (Å²) >= 11 is 4.72. The minimum Gasteiger partial charge on any atom is -0.463 e. The van der Waals surface area contributed by atoms with Crippen LogP contribution in [0.1, 0.15) is 20.7 Å². The Labute approximate surface area is 157 Å². The van der Waals surface area contributed by atoms with Crippen LogP contribution >= 0.6 is 27.7 Å². The van der Waals surface area contributed by atoms with E-state index in [1.54, 1.807) is 24.3 Å². The van der Waals surface area contributed by atoms with Crippen LogP contribution in [0, 0.1) is 0 Å². The van der Waals surface area contributed by atoms with Crippen molar-refractivity contribution < 1.29 is 19.1 Å². The number of hydrogen-bond donors (Lipinski definition) is 0. The molecule has 128 valence electrons. The third-order valence-corrected chi connectivity index (χ3v) is 5.14. The number of hydrogen-bond acceptors (Lipinski definition) is 5. The van der Waals surface area contributed by atoms with Crippen LogP contribution < -0.4 is 0 Å². The average Bonchev–Trinajstić information content (AvgIpc) is 2.86. The number of halogens is 1. The molecule has 0 unspecified atom stereocenters. The maximum atomic E-state index is 12.2. The molecule has 0 aromatic heterocycles. The molecule has 0 saturated heterocycles. The standard InChI is InChI=1S/C18H14BrNO4S/c19-12-5-7-13(8-6-12)25-11-16(21)24-10-9-20-17(22)14-3-1-2-4-15(14)18(20)23/h1-8H,9-11H2. The first-order valence-electron chi connectivity index (χ1n) is 7.55. The van der Waals surface area contributed by atoms with E-state index in [9.17, 15) is 14.4 Å². The highest BCUT2D eigenvalue weighted by molar-refractivity contribution is 9.10. The van der Waals surface area contributed by atoms with Crippen LogP contribution in [0.3, 0.4) is 0 Å². The molecule has 2 amide bonds. The fourth-order valence-electron chi connectivity index (χ4n) is 2.41. The summed E-state index contributed by atoms with van der Waals surface area (Å²) in [5.74, 6) is -0.907. The predicted molar refractivity (Wildman–Crippen MR) is 97.6 cm³/mol. The summed E-state index contributed by atoms with van der Waals surface area (Å²) in [7, 11) is 0. The Hall–Kier alpha value is -2.12. The minimum atomic E-state index is -0.385. The second-order valence-corrected chi connectivity index (χ2v) is 7.24. The lowest BCUT2D eigenvalue weighted by Crippen LogP contribution is -2.33. The van der Waals surface area contributed by atoms with Crippen LogP contribution in [0.25, 0.3) is 0 Å². The Kier molecular flexibility index (Phi) is 5.55. The molecule has 1 aliphatic rings. The largest absolute Gasteiger partial charge is 0.463 e. The van der Waals surface area contributed by atoms with Crippen molar-refractivity contribution in [3.8, 4) is 0 Å². The number of carbonyl (C=O) groups is 3. The van der Waals surface area contributed by atoms with E-state index in [0.29, 0.717) is 11.1 Å². The van der Waals surface area contributed by atoms with E-state index >= 15 is 0 Å². The fourth-order valence-corrected chi connectivity index (χ4v) is 3.37. The molecule has 2 aromatic carbocycles. The molecule has 0 aliphatic carbocycles. The highest BCUT2D eigenvalue weighted by atomic mass is 79.9.